The minimum atomic E-state index is -0.706. The van der Waals surface area contributed by atoms with E-state index in [4.69, 9.17) is 4.74 Å². The summed E-state index contributed by atoms with van der Waals surface area (Å²) in [5, 5.41) is 25.8. The highest BCUT2D eigenvalue weighted by Gasteiger charge is 2.19. The smallest absolute Gasteiger partial charge is 0.301 e. The molecule has 0 radical (unpaired) electrons. The van der Waals surface area contributed by atoms with Gasteiger partial charge in [0.1, 0.15) is 11.4 Å². The molecule has 0 aliphatic carbocycles. The lowest BCUT2D eigenvalue weighted by Crippen LogP contribution is -2.05. The van der Waals surface area contributed by atoms with Gasteiger partial charge in [0, 0.05) is 6.07 Å². The maximum absolute atomic E-state index is 11.1. The molecule has 2 aromatic rings. The summed E-state index contributed by atoms with van der Waals surface area (Å²) in [6.07, 6.45) is 1.47. The molecular weight excluding hydrogens is 420 g/mol. The number of benzene rings is 2. The van der Waals surface area contributed by atoms with Crippen LogP contribution in [0.2, 0.25) is 0 Å². The SMILES string of the molecule is CC(C)COc1ccc(/C=N\Nc2ccc([N+](=O)[O-])cc2[N+](=O)[O-])cc1Br. The highest BCUT2D eigenvalue weighted by atomic mass is 79.9. The predicted molar refractivity (Wildman–Crippen MR) is 105 cm³/mol. The van der Waals surface area contributed by atoms with Crippen molar-refractivity contribution in [1.29, 1.82) is 0 Å². The van der Waals surface area contributed by atoms with Crippen LogP contribution in [0, 0.1) is 26.1 Å². The summed E-state index contributed by atoms with van der Waals surface area (Å²) >= 11 is 3.43. The standard InChI is InChI=1S/C17H17BrN4O5/c1-11(2)10-27-17-6-3-12(7-14(17)18)9-19-20-15-5-4-13(21(23)24)8-16(15)22(25)26/h3-9,11,20H,10H2,1-2H3/b19-9-. The van der Waals surface area contributed by atoms with E-state index in [-0.39, 0.29) is 11.4 Å². The Morgan fingerprint density at radius 1 is 1.19 bits per heavy atom. The molecule has 2 aromatic carbocycles. The van der Waals surface area contributed by atoms with E-state index >= 15 is 0 Å². The van der Waals surface area contributed by atoms with E-state index in [2.05, 4.69) is 40.3 Å². The third kappa shape index (κ3) is 5.74. The van der Waals surface area contributed by atoms with E-state index in [1.807, 2.05) is 0 Å². The van der Waals surface area contributed by atoms with E-state index < -0.39 is 15.5 Å². The Bertz CT molecular complexity index is 886. The first-order chi connectivity index (χ1) is 12.8. The number of non-ortho nitro benzene ring substituents is 1. The molecule has 1 N–H and O–H groups in total. The number of hydrazone groups is 1. The summed E-state index contributed by atoms with van der Waals surface area (Å²) in [6, 6.07) is 8.67. The van der Waals surface area contributed by atoms with Gasteiger partial charge in [-0.15, -0.1) is 0 Å². The molecule has 0 saturated carbocycles. The summed E-state index contributed by atoms with van der Waals surface area (Å²) in [5.74, 6) is 1.11. The van der Waals surface area contributed by atoms with Gasteiger partial charge in [-0.1, -0.05) is 13.8 Å². The maximum atomic E-state index is 11.1. The zero-order valence-corrected chi connectivity index (χ0v) is 16.2. The lowest BCUT2D eigenvalue weighted by Gasteiger charge is -2.10. The van der Waals surface area contributed by atoms with E-state index in [0.29, 0.717) is 18.3 Å². The second-order valence-electron chi connectivity index (χ2n) is 5.98. The number of nitrogens with one attached hydrogen (secondary N) is 1. The van der Waals surface area contributed by atoms with Crippen molar-refractivity contribution >= 4 is 39.2 Å². The monoisotopic (exact) mass is 436 g/mol. The van der Waals surface area contributed by atoms with Gasteiger partial charge in [0.15, 0.2) is 0 Å². The van der Waals surface area contributed by atoms with E-state index in [0.717, 1.165) is 16.1 Å². The fraction of sp³-hybridized carbons (Fsp3) is 0.235. The number of anilines is 1. The molecule has 2 rings (SSSR count). The molecule has 10 heteroatoms. The minimum absolute atomic E-state index is 0.0535. The average molecular weight is 437 g/mol. The highest BCUT2D eigenvalue weighted by molar-refractivity contribution is 9.10. The van der Waals surface area contributed by atoms with Crippen molar-refractivity contribution in [1.82, 2.24) is 0 Å². The first-order valence-electron chi connectivity index (χ1n) is 7.92. The fourth-order valence-corrected chi connectivity index (χ4v) is 2.54. The van der Waals surface area contributed by atoms with Crippen LogP contribution in [-0.4, -0.2) is 22.7 Å². The van der Waals surface area contributed by atoms with Gasteiger partial charge in [-0.3, -0.25) is 25.7 Å². The van der Waals surface area contributed by atoms with Crippen LogP contribution in [0.15, 0.2) is 46.0 Å². The Labute approximate surface area is 163 Å². The Morgan fingerprint density at radius 2 is 1.93 bits per heavy atom. The summed E-state index contributed by atoms with van der Waals surface area (Å²) in [4.78, 5) is 20.4. The number of nitrogens with zero attached hydrogens (tertiary/aromatic N) is 3. The second kappa shape index (κ2) is 9.08. The van der Waals surface area contributed by atoms with E-state index in [1.165, 1.54) is 18.3 Å². The number of ether oxygens (including phenoxy) is 1. The minimum Gasteiger partial charge on any atom is -0.492 e. The van der Waals surface area contributed by atoms with Crippen molar-refractivity contribution in [2.24, 2.45) is 11.0 Å². The number of nitro groups is 2. The molecule has 0 fully saturated rings. The average Bonchev–Trinajstić information content (AvgIpc) is 2.60. The zero-order chi connectivity index (χ0) is 20.0. The van der Waals surface area contributed by atoms with Crippen LogP contribution < -0.4 is 10.2 Å². The number of hydrogen-bond donors (Lipinski definition) is 1. The van der Waals surface area contributed by atoms with Gasteiger partial charge in [-0.25, -0.2) is 0 Å². The molecule has 0 saturated heterocycles. The lowest BCUT2D eigenvalue weighted by atomic mass is 10.2. The van der Waals surface area contributed by atoms with Crippen LogP contribution in [0.25, 0.3) is 0 Å². The van der Waals surface area contributed by atoms with Gasteiger partial charge in [-0.05, 0) is 51.7 Å². The van der Waals surface area contributed by atoms with Crippen LogP contribution in [0.1, 0.15) is 19.4 Å². The van der Waals surface area contributed by atoms with Crippen molar-refractivity contribution in [3.63, 3.8) is 0 Å². The first-order valence-corrected chi connectivity index (χ1v) is 8.71. The maximum Gasteiger partial charge on any atom is 0.301 e. The van der Waals surface area contributed by atoms with Crippen molar-refractivity contribution in [3.8, 4) is 5.75 Å². The van der Waals surface area contributed by atoms with Crippen LogP contribution >= 0.6 is 15.9 Å². The summed E-state index contributed by atoms with van der Waals surface area (Å²) in [7, 11) is 0. The first kappa shape index (κ1) is 20.3. The number of hydrogen-bond acceptors (Lipinski definition) is 7. The molecule has 9 nitrogen and oxygen atoms in total. The molecule has 0 aromatic heterocycles. The highest BCUT2D eigenvalue weighted by Crippen LogP contribution is 2.29. The molecular formula is C17H17BrN4O5. The van der Waals surface area contributed by atoms with Crippen LogP contribution in [0.3, 0.4) is 0 Å². The molecule has 0 atom stereocenters. The van der Waals surface area contributed by atoms with Crippen molar-refractivity contribution in [2.45, 2.75) is 13.8 Å². The van der Waals surface area contributed by atoms with E-state index in [9.17, 15) is 20.2 Å². The van der Waals surface area contributed by atoms with Crippen LogP contribution in [-0.2, 0) is 0 Å². The van der Waals surface area contributed by atoms with Gasteiger partial charge in [0.05, 0.1) is 33.2 Å². The largest absolute Gasteiger partial charge is 0.492 e. The van der Waals surface area contributed by atoms with Crippen LogP contribution in [0.4, 0.5) is 17.1 Å². The van der Waals surface area contributed by atoms with Crippen molar-refractivity contribution in [2.75, 3.05) is 12.0 Å². The zero-order valence-electron chi connectivity index (χ0n) is 14.6. The Balaban J connectivity index is 2.12. The van der Waals surface area contributed by atoms with E-state index in [1.54, 1.807) is 18.2 Å². The number of nitro benzene ring substituents is 2. The molecule has 27 heavy (non-hydrogen) atoms. The Kier molecular flexibility index (Phi) is 6.83. The predicted octanol–water partition coefficient (Wildman–Crippen LogP) is 4.75. The molecule has 0 heterocycles. The Morgan fingerprint density at radius 3 is 2.52 bits per heavy atom. The topological polar surface area (TPSA) is 120 Å². The van der Waals surface area contributed by atoms with Gasteiger partial charge in [-0.2, -0.15) is 5.10 Å². The van der Waals surface area contributed by atoms with Gasteiger partial charge < -0.3 is 4.74 Å². The molecule has 0 aliphatic heterocycles. The van der Waals surface area contributed by atoms with Crippen molar-refractivity contribution in [3.05, 3.63) is 66.7 Å². The molecule has 0 aliphatic rings. The number of halogens is 1. The normalized spacial score (nSPS) is 11.0. The summed E-state index contributed by atoms with van der Waals surface area (Å²) < 4.78 is 6.42. The molecule has 0 amide bonds. The molecule has 0 unspecified atom stereocenters. The third-order valence-electron chi connectivity index (χ3n) is 3.32. The van der Waals surface area contributed by atoms with Crippen LogP contribution in [0.5, 0.6) is 5.75 Å². The summed E-state index contributed by atoms with van der Waals surface area (Å²) in [6.45, 7) is 4.70. The molecule has 0 spiro atoms. The summed E-state index contributed by atoms with van der Waals surface area (Å²) in [5.41, 5.74) is 2.53. The molecule has 142 valence electrons. The molecule has 0 bridgehead atoms. The lowest BCUT2D eigenvalue weighted by molar-refractivity contribution is -0.393. The Hall–Kier alpha value is -3.01. The van der Waals surface area contributed by atoms with Gasteiger partial charge in [0.2, 0.25) is 0 Å². The third-order valence-corrected chi connectivity index (χ3v) is 3.94. The van der Waals surface area contributed by atoms with Gasteiger partial charge >= 0.3 is 5.69 Å². The van der Waals surface area contributed by atoms with Crippen molar-refractivity contribution < 1.29 is 14.6 Å². The number of rotatable bonds is 8. The van der Waals surface area contributed by atoms with Gasteiger partial charge in [0.25, 0.3) is 5.69 Å². The quantitative estimate of drug-likeness (QED) is 0.362. The fourth-order valence-electron chi connectivity index (χ4n) is 2.03. The second-order valence-corrected chi connectivity index (χ2v) is 6.83.